The van der Waals surface area contributed by atoms with Crippen LogP contribution in [-0.2, 0) is 4.74 Å². The van der Waals surface area contributed by atoms with Crippen molar-refractivity contribution in [1.82, 2.24) is 9.88 Å². The van der Waals surface area contributed by atoms with Crippen LogP contribution in [0.1, 0.15) is 18.2 Å². The number of pyridine rings is 1. The number of benzene rings is 1. The topological polar surface area (TPSA) is 25.4 Å². The smallest absolute Gasteiger partial charge is 0.123 e. The second-order valence-electron chi connectivity index (χ2n) is 6.58. The van der Waals surface area contributed by atoms with Gasteiger partial charge in [0.25, 0.3) is 0 Å². The molecule has 5 heteroatoms. The highest BCUT2D eigenvalue weighted by Crippen LogP contribution is 2.39. The quantitative estimate of drug-likeness (QED) is 0.471. The summed E-state index contributed by atoms with van der Waals surface area (Å²) in [5.41, 5.74) is 3.18. The van der Waals surface area contributed by atoms with Gasteiger partial charge in [-0.15, -0.1) is 11.3 Å². The number of hydrogen-bond acceptors (Lipinski definition) is 4. The zero-order valence-corrected chi connectivity index (χ0v) is 17.6. The van der Waals surface area contributed by atoms with E-state index >= 15 is 0 Å². The molecule has 0 unspecified atom stereocenters. The number of halogens is 1. The van der Waals surface area contributed by atoms with Crippen molar-refractivity contribution >= 4 is 11.3 Å². The van der Waals surface area contributed by atoms with Crippen LogP contribution >= 0.6 is 11.3 Å². The van der Waals surface area contributed by atoms with E-state index < -0.39 is 0 Å². The Morgan fingerprint density at radius 1 is 1.07 bits per heavy atom. The Bertz CT molecular complexity index is 958. The molecule has 0 amide bonds. The van der Waals surface area contributed by atoms with Crippen LogP contribution in [-0.4, -0.2) is 43.2 Å². The molecule has 150 valence electrons. The van der Waals surface area contributed by atoms with Crippen LogP contribution in [0.25, 0.3) is 21.6 Å². The molecule has 0 radical (unpaired) electrons. The Kier molecular flexibility index (Phi) is 7.94. The molecular weight excluding hydrogens is 383 g/mol. The second-order valence-corrected chi connectivity index (χ2v) is 7.63. The Morgan fingerprint density at radius 3 is 2.52 bits per heavy atom. The molecule has 0 saturated heterocycles. The van der Waals surface area contributed by atoms with E-state index in [1.54, 1.807) is 30.8 Å². The molecule has 0 atom stereocenters. The minimum atomic E-state index is -0.232. The minimum absolute atomic E-state index is 0.232. The molecule has 0 saturated carbocycles. The summed E-state index contributed by atoms with van der Waals surface area (Å²) in [5, 5.41) is 0. The highest BCUT2D eigenvalue weighted by atomic mass is 32.1. The number of likely N-dealkylation sites (N-methyl/N-ethyl adjacent to an activating group) is 1. The standard InChI is InChI=1S/C24H25FN2OS/c1-3-27(16-17-28-2)15-5-4-6-22-18-23(19-11-13-26-14-12-19)24(29-22)20-7-9-21(25)10-8-20/h7-14,18H,3,5,15-17H2,1-2H3. The van der Waals surface area contributed by atoms with Gasteiger partial charge in [0.1, 0.15) is 5.82 Å². The van der Waals surface area contributed by atoms with Crippen LogP contribution in [0, 0.1) is 17.7 Å². The van der Waals surface area contributed by atoms with Crippen molar-refractivity contribution in [3.63, 3.8) is 0 Å². The number of ether oxygens (including phenoxy) is 1. The van der Waals surface area contributed by atoms with E-state index in [0.29, 0.717) is 0 Å². The average Bonchev–Trinajstić information content (AvgIpc) is 3.18. The number of thiophene rings is 1. The van der Waals surface area contributed by atoms with Crippen molar-refractivity contribution in [2.45, 2.75) is 13.3 Å². The Morgan fingerprint density at radius 2 is 1.83 bits per heavy atom. The molecule has 2 heterocycles. The molecule has 29 heavy (non-hydrogen) atoms. The van der Waals surface area contributed by atoms with Gasteiger partial charge in [0, 0.05) is 49.5 Å². The van der Waals surface area contributed by atoms with Gasteiger partial charge in [0.05, 0.1) is 11.5 Å². The van der Waals surface area contributed by atoms with Gasteiger partial charge in [-0.05, 0) is 48.0 Å². The van der Waals surface area contributed by atoms with Gasteiger partial charge in [-0.2, -0.15) is 0 Å². The third-order valence-corrected chi connectivity index (χ3v) is 5.75. The summed E-state index contributed by atoms with van der Waals surface area (Å²) in [6, 6.07) is 12.7. The lowest BCUT2D eigenvalue weighted by atomic mass is 10.0. The van der Waals surface area contributed by atoms with Gasteiger partial charge < -0.3 is 9.64 Å². The average molecular weight is 409 g/mol. The zero-order chi connectivity index (χ0) is 20.5. The fourth-order valence-electron chi connectivity index (χ4n) is 3.03. The monoisotopic (exact) mass is 408 g/mol. The van der Waals surface area contributed by atoms with Crippen LogP contribution < -0.4 is 0 Å². The molecule has 0 N–H and O–H groups in total. The first kappa shape index (κ1) is 21.2. The van der Waals surface area contributed by atoms with Crippen LogP contribution in [0.5, 0.6) is 0 Å². The van der Waals surface area contributed by atoms with Crippen LogP contribution in [0.15, 0.2) is 54.9 Å². The van der Waals surface area contributed by atoms with Crippen molar-refractivity contribution in [3.8, 4) is 33.4 Å². The maximum absolute atomic E-state index is 13.4. The van der Waals surface area contributed by atoms with Crippen LogP contribution in [0.3, 0.4) is 0 Å². The van der Waals surface area contributed by atoms with E-state index in [-0.39, 0.29) is 5.82 Å². The maximum Gasteiger partial charge on any atom is 0.123 e. The number of methoxy groups -OCH3 is 1. The fourth-order valence-corrected chi connectivity index (χ4v) is 4.09. The lowest BCUT2D eigenvalue weighted by Gasteiger charge is -2.17. The minimum Gasteiger partial charge on any atom is -0.383 e. The third-order valence-electron chi connectivity index (χ3n) is 4.65. The first-order valence-electron chi connectivity index (χ1n) is 9.71. The predicted molar refractivity (Wildman–Crippen MR) is 118 cm³/mol. The molecule has 3 nitrogen and oxygen atoms in total. The lowest BCUT2D eigenvalue weighted by molar-refractivity contribution is 0.152. The number of nitrogens with zero attached hydrogens (tertiary/aromatic N) is 2. The second kappa shape index (κ2) is 10.9. The van der Waals surface area contributed by atoms with Gasteiger partial charge >= 0.3 is 0 Å². The molecule has 2 aromatic heterocycles. The molecule has 0 fully saturated rings. The highest BCUT2D eigenvalue weighted by Gasteiger charge is 2.12. The van der Waals surface area contributed by atoms with Crippen molar-refractivity contribution in [3.05, 3.63) is 65.6 Å². The Labute approximate surface area is 176 Å². The molecule has 0 aliphatic carbocycles. The van der Waals surface area contributed by atoms with Gasteiger partial charge in [-0.25, -0.2) is 4.39 Å². The lowest BCUT2D eigenvalue weighted by Crippen LogP contribution is -2.28. The summed E-state index contributed by atoms with van der Waals surface area (Å²) in [7, 11) is 1.73. The van der Waals surface area contributed by atoms with E-state index in [1.807, 2.05) is 24.3 Å². The van der Waals surface area contributed by atoms with Gasteiger partial charge in [-0.1, -0.05) is 30.9 Å². The summed E-state index contributed by atoms with van der Waals surface area (Å²) in [6.45, 7) is 5.74. The molecule has 0 aliphatic heterocycles. The van der Waals surface area contributed by atoms with Gasteiger partial charge in [-0.3, -0.25) is 4.98 Å². The fraction of sp³-hybridized carbons (Fsp3) is 0.292. The van der Waals surface area contributed by atoms with E-state index in [4.69, 9.17) is 4.74 Å². The first-order valence-corrected chi connectivity index (χ1v) is 10.5. The van der Waals surface area contributed by atoms with Crippen molar-refractivity contribution in [2.75, 3.05) is 33.4 Å². The predicted octanol–water partition coefficient (Wildman–Crippen LogP) is 5.33. The van der Waals surface area contributed by atoms with Crippen LogP contribution in [0.4, 0.5) is 4.39 Å². The number of hydrogen-bond donors (Lipinski definition) is 0. The third kappa shape index (κ3) is 5.98. The van der Waals surface area contributed by atoms with Crippen molar-refractivity contribution < 1.29 is 9.13 Å². The molecule has 1 aromatic carbocycles. The molecule has 0 spiro atoms. The van der Waals surface area contributed by atoms with E-state index in [2.05, 4.69) is 34.7 Å². The van der Waals surface area contributed by atoms with E-state index in [9.17, 15) is 4.39 Å². The normalized spacial score (nSPS) is 10.8. The summed E-state index contributed by atoms with van der Waals surface area (Å²) < 4.78 is 18.5. The van der Waals surface area contributed by atoms with Gasteiger partial charge in [0.15, 0.2) is 0 Å². The molecular formula is C24H25FN2OS. The number of aromatic nitrogens is 1. The zero-order valence-electron chi connectivity index (χ0n) is 16.8. The summed E-state index contributed by atoms with van der Waals surface area (Å²) in [6.07, 6.45) is 4.38. The largest absolute Gasteiger partial charge is 0.383 e. The van der Waals surface area contributed by atoms with Crippen molar-refractivity contribution in [2.24, 2.45) is 0 Å². The summed E-state index contributed by atoms with van der Waals surface area (Å²) in [4.78, 5) is 8.55. The Hall–Kier alpha value is -2.52. The maximum atomic E-state index is 13.4. The molecule has 0 bridgehead atoms. The number of rotatable bonds is 8. The van der Waals surface area contributed by atoms with Crippen LogP contribution in [0.2, 0.25) is 0 Å². The van der Waals surface area contributed by atoms with Gasteiger partial charge in [0.2, 0.25) is 0 Å². The van der Waals surface area contributed by atoms with E-state index in [0.717, 1.165) is 59.1 Å². The van der Waals surface area contributed by atoms with Crippen molar-refractivity contribution in [1.29, 1.82) is 0 Å². The summed E-state index contributed by atoms with van der Waals surface area (Å²) in [5.74, 6) is 6.38. The summed E-state index contributed by atoms with van der Waals surface area (Å²) >= 11 is 1.64. The molecule has 3 aromatic rings. The highest BCUT2D eigenvalue weighted by molar-refractivity contribution is 7.16. The Balaban J connectivity index is 1.81. The van der Waals surface area contributed by atoms with E-state index in [1.165, 1.54) is 12.1 Å². The molecule has 3 rings (SSSR count). The SMILES string of the molecule is CCN(CCC#Cc1cc(-c2ccncc2)c(-c2ccc(F)cc2)s1)CCOC. The first-order chi connectivity index (χ1) is 14.2. The molecule has 0 aliphatic rings.